The Hall–Kier alpha value is -0.970. The minimum atomic E-state index is -4.54. The van der Waals surface area contributed by atoms with Gasteiger partial charge in [-0.2, -0.15) is 13.2 Å². The average Bonchev–Trinajstić information content (AvgIpc) is 2.79. The summed E-state index contributed by atoms with van der Waals surface area (Å²) in [6, 6.07) is 0. The van der Waals surface area contributed by atoms with E-state index in [-0.39, 0.29) is 23.2 Å². The molecule has 0 aromatic heterocycles. The number of rotatable bonds is 4. The molecule has 1 fully saturated rings. The van der Waals surface area contributed by atoms with Crippen LogP contribution in [0.2, 0.25) is 0 Å². The molecule has 108 valence electrons. The van der Waals surface area contributed by atoms with Crippen LogP contribution in [0.1, 0.15) is 20.8 Å². The summed E-state index contributed by atoms with van der Waals surface area (Å²) in [5.74, 6) is -0.740. The lowest BCUT2D eigenvalue weighted by atomic mass is 10.1. The van der Waals surface area contributed by atoms with Crippen molar-refractivity contribution in [3.8, 4) is 0 Å². The largest absolute Gasteiger partial charge is 0.466 e. The minimum Gasteiger partial charge on any atom is -0.466 e. The molecule has 0 spiro atoms. The van der Waals surface area contributed by atoms with Gasteiger partial charge in [0.1, 0.15) is 5.03 Å². The summed E-state index contributed by atoms with van der Waals surface area (Å²) in [5, 5.41) is -1.19. The van der Waals surface area contributed by atoms with Crippen molar-refractivity contribution in [1.29, 1.82) is 0 Å². The average molecular weight is 297 g/mol. The Balaban J connectivity index is 2.67. The molecule has 1 saturated carbocycles. The Bertz CT molecular complexity index is 411. The Morgan fingerprint density at radius 3 is 2.47 bits per heavy atom. The number of alkyl halides is 3. The van der Waals surface area contributed by atoms with Gasteiger partial charge in [-0.1, -0.05) is 37.6 Å². The molecule has 0 amide bonds. The van der Waals surface area contributed by atoms with Crippen molar-refractivity contribution < 1.29 is 22.7 Å². The topological polar surface area (TPSA) is 26.3 Å². The molecular weight excluding hydrogens is 281 g/mol. The van der Waals surface area contributed by atoms with E-state index in [9.17, 15) is 18.0 Å². The van der Waals surface area contributed by atoms with Gasteiger partial charge in [-0.25, -0.2) is 0 Å². The normalized spacial score (nSPS) is 26.6. The van der Waals surface area contributed by atoms with Gasteiger partial charge in [0.15, 0.2) is 0 Å². The molecule has 1 aliphatic rings. The quantitative estimate of drug-likeness (QED) is 0.577. The zero-order valence-corrected chi connectivity index (χ0v) is 11.7. The number of carbonyl (C=O) groups is 1. The molecule has 2 unspecified atom stereocenters. The zero-order valence-electron chi connectivity index (χ0n) is 10.9. The predicted molar refractivity (Wildman–Crippen MR) is 66.5 cm³/mol. The number of carbonyl (C=O) groups excluding carboxylic acids is 1. The Morgan fingerprint density at radius 1 is 1.42 bits per heavy atom. The van der Waals surface area contributed by atoms with E-state index < -0.39 is 11.2 Å². The number of allylic oxidation sites excluding steroid dienone is 4. The Labute approximate surface area is 115 Å². The highest BCUT2D eigenvalue weighted by molar-refractivity contribution is 6.30. The first kappa shape index (κ1) is 16.1. The van der Waals surface area contributed by atoms with Crippen LogP contribution in [0.25, 0.3) is 0 Å². The third-order valence-electron chi connectivity index (χ3n) is 3.28. The lowest BCUT2D eigenvalue weighted by Crippen LogP contribution is -2.10. The fourth-order valence-electron chi connectivity index (χ4n) is 2.07. The van der Waals surface area contributed by atoms with Crippen LogP contribution in [0, 0.1) is 17.3 Å². The van der Waals surface area contributed by atoms with E-state index in [2.05, 4.69) is 0 Å². The molecule has 0 aliphatic heterocycles. The van der Waals surface area contributed by atoms with Gasteiger partial charge in [-0.15, -0.1) is 0 Å². The minimum absolute atomic E-state index is 0.125. The van der Waals surface area contributed by atoms with Gasteiger partial charge in [0, 0.05) is 0 Å². The summed E-state index contributed by atoms with van der Waals surface area (Å²) in [7, 11) is 0. The van der Waals surface area contributed by atoms with Gasteiger partial charge < -0.3 is 4.74 Å². The maximum Gasteiger partial charge on any atom is 0.426 e. The predicted octanol–water partition coefficient (Wildman–Crippen LogP) is 4.06. The molecule has 1 rings (SSSR count). The van der Waals surface area contributed by atoms with E-state index in [4.69, 9.17) is 16.3 Å². The summed E-state index contributed by atoms with van der Waals surface area (Å²) in [5.41, 5.74) is -0.290. The molecule has 2 atom stereocenters. The molecule has 0 aromatic rings. The van der Waals surface area contributed by atoms with Crippen LogP contribution in [0.15, 0.2) is 23.3 Å². The smallest absolute Gasteiger partial charge is 0.426 e. The van der Waals surface area contributed by atoms with Crippen molar-refractivity contribution in [2.45, 2.75) is 26.9 Å². The molecular formula is C13H16ClF3O2. The van der Waals surface area contributed by atoms with E-state index in [1.165, 1.54) is 6.08 Å². The highest BCUT2D eigenvalue weighted by atomic mass is 35.5. The molecule has 0 heterocycles. The van der Waals surface area contributed by atoms with Crippen molar-refractivity contribution in [3.63, 3.8) is 0 Å². The van der Waals surface area contributed by atoms with E-state index in [0.717, 1.165) is 6.08 Å². The first-order valence-corrected chi connectivity index (χ1v) is 6.28. The fourth-order valence-corrected chi connectivity index (χ4v) is 2.15. The van der Waals surface area contributed by atoms with Crippen LogP contribution in [0.5, 0.6) is 0 Å². The highest BCUT2D eigenvalue weighted by Gasteiger charge is 2.61. The standard InChI is InChI=1S/C13H16ClF3O2/c1-4-19-11(18)10-8(12(10,2)3)6-5-7-9(14)13(15,16)17/h5-8,10H,4H2,1-3H3. The third kappa shape index (κ3) is 3.75. The second kappa shape index (κ2) is 5.57. The number of halogens is 4. The van der Waals surface area contributed by atoms with Crippen LogP contribution < -0.4 is 0 Å². The van der Waals surface area contributed by atoms with Crippen LogP contribution in [0.4, 0.5) is 13.2 Å². The van der Waals surface area contributed by atoms with Crippen molar-refractivity contribution in [2.75, 3.05) is 6.61 Å². The second-order valence-corrected chi connectivity index (χ2v) is 5.38. The van der Waals surface area contributed by atoms with Gasteiger partial charge >= 0.3 is 12.1 Å². The molecule has 0 bridgehead atoms. The third-order valence-corrected chi connectivity index (χ3v) is 3.62. The summed E-state index contributed by atoms with van der Waals surface area (Å²) in [6.45, 7) is 5.75. The molecule has 0 aromatic carbocycles. The van der Waals surface area contributed by atoms with Gasteiger partial charge in [0.05, 0.1) is 12.5 Å². The van der Waals surface area contributed by atoms with Gasteiger partial charge in [-0.3, -0.25) is 4.79 Å². The maximum absolute atomic E-state index is 12.1. The van der Waals surface area contributed by atoms with Crippen molar-refractivity contribution in [2.24, 2.45) is 17.3 Å². The first-order chi connectivity index (χ1) is 8.62. The zero-order chi connectivity index (χ0) is 14.8. The molecule has 2 nitrogen and oxygen atoms in total. The lowest BCUT2D eigenvalue weighted by Gasteiger charge is -2.01. The number of esters is 1. The highest BCUT2D eigenvalue weighted by Crippen LogP contribution is 2.59. The summed E-state index contributed by atoms with van der Waals surface area (Å²) in [6.07, 6.45) is -0.944. The number of hydrogen-bond acceptors (Lipinski definition) is 2. The summed E-state index contributed by atoms with van der Waals surface area (Å²) >= 11 is 5.07. The monoisotopic (exact) mass is 296 g/mol. The maximum atomic E-state index is 12.1. The summed E-state index contributed by atoms with van der Waals surface area (Å²) < 4.78 is 41.3. The van der Waals surface area contributed by atoms with Crippen LogP contribution in [-0.2, 0) is 9.53 Å². The van der Waals surface area contributed by atoms with Gasteiger partial charge in [-0.05, 0) is 24.3 Å². The SMILES string of the molecule is CCOC(=O)C1C(C=CC=C(Cl)C(F)(F)F)C1(C)C. The molecule has 19 heavy (non-hydrogen) atoms. The van der Waals surface area contributed by atoms with E-state index >= 15 is 0 Å². The Morgan fingerprint density at radius 2 is 2.00 bits per heavy atom. The van der Waals surface area contributed by atoms with Gasteiger partial charge in [0.2, 0.25) is 0 Å². The summed E-state index contributed by atoms with van der Waals surface area (Å²) in [4.78, 5) is 11.6. The molecule has 1 aliphatic carbocycles. The first-order valence-electron chi connectivity index (χ1n) is 5.90. The lowest BCUT2D eigenvalue weighted by molar-refractivity contribution is -0.145. The van der Waals surface area contributed by atoms with Gasteiger partial charge in [0.25, 0.3) is 0 Å². The van der Waals surface area contributed by atoms with Crippen LogP contribution in [-0.4, -0.2) is 18.8 Å². The fraction of sp³-hybridized carbons (Fsp3) is 0.615. The van der Waals surface area contributed by atoms with E-state index in [1.54, 1.807) is 13.0 Å². The number of ether oxygens (including phenoxy) is 1. The molecule has 6 heteroatoms. The van der Waals surface area contributed by atoms with Crippen molar-refractivity contribution >= 4 is 17.6 Å². The van der Waals surface area contributed by atoms with Crippen molar-refractivity contribution in [1.82, 2.24) is 0 Å². The second-order valence-electron chi connectivity index (χ2n) is 4.97. The van der Waals surface area contributed by atoms with E-state index in [1.807, 2.05) is 13.8 Å². The molecule has 0 N–H and O–H groups in total. The molecule has 0 radical (unpaired) electrons. The molecule has 0 saturated heterocycles. The van der Waals surface area contributed by atoms with Crippen molar-refractivity contribution in [3.05, 3.63) is 23.3 Å². The van der Waals surface area contributed by atoms with E-state index in [0.29, 0.717) is 6.61 Å². The number of hydrogen-bond donors (Lipinski definition) is 0. The Kier molecular flexibility index (Phi) is 4.72. The van der Waals surface area contributed by atoms with Crippen LogP contribution >= 0.6 is 11.6 Å². The van der Waals surface area contributed by atoms with Crippen LogP contribution in [0.3, 0.4) is 0 Å².